The molecule has 2 aliphatic rings. The zero-order chi connectivity index (χ0) is 18.7. The first-order valence-electron chi connectivity index (χ1n) is 9.45. The molecule has 0 saturated carbocycles. The van der Waals surface area contributed by atoms with Crippen molar-refractivity contribution in [3.63, 3.8) is 0 Å². The minimum absolute atomic E-state index is 0.0155. The molecule has 0 spiro atoms. The second kappa shape index (κ2) is 7.89. The SMILES string of the molecule is CC(C)c1ccc(C(=O)N2CCN(C(=O)C(=O)N3CCCC3)CC2)cc1. The monoisotopic (exact) mass is 357 g/mol. The predicted octanol–water partition coefficient (Wildman–Crippen LogP) is 1.72. The number of rotatable bonds is 2. The van der Waals surface area contributed by atoms with Crippen molar-refractivity contribution in [1.29, 1.82) is 0 Å². The Morgan fingerprint density at radius 3 is 1.69 bits per heavy atom. The fraction of sp³-hybridized carbons (Fsp3) is 0.550. The van der Waals surface area contributed by atoms with Gasteiger partial charge in [-0.2, -0.15) is 0 Å². The molecular weight excluding hydrogens is 330 g/mol. The summed E-state index contributed by atoms with van der Waals surface area (Å²) in [6.45, 7) is 7.34. The molecule has 0 aromatic heterocycles. The molecule has 0 N–H and O–H groups in total. The molecule has 140 valence electrons. The smallest absolute Gasteiger partial charge is 0.312 e. The predicted molar refractivity (Wildman–Crippen MR) is 98.8 cm³/mol. The van der Waals surface area contributed by atoms with E-state index in [9.17, 15) is 14.4 Å². The lowest BCUT2D eigenvalue weighted by Gasteiger charge is -2.35. The number of carbonyl (C=O) groups is 3. The summed E-state index contributed by atoms with van der Waals surface area (Å²) < 4.78 is 0. The Bertz CT molecular complexity index is 670. The van der Waals surface area contributed by atoms with Crippen molar-refractivity contribution in [3.05, 3.63) is 35.4 Å². The van der Waals surface area contributed by atoms with E-state index >= 15 is 0 Å². The van der Waals surface area contributed by atoms with E-state index in [0.717, 1.165) is 12.8 Å². The standard InChI is InChI=1S/C20H27N3O3/c1-15(2)16-5-7-17(8-6-16)18(24)22-11-13-23(14-12-22)20(26)19(25)21-9-3-4-10-21/h5-8,15H,3-4,9-14H2,1-2H3. The molecule has 3 amide bonds. The quantitative estimate of drug-likeness (QED) is 0.757. The number of likely N-dealkylation sites (tertiary alicyclic amines) is 1. The molecule has 1 aromatic carbocycles. The first kappa shape index (κ1) is 18.4. The van der Waals surface area contributed by atoms with Gasteiger partial charge in [0, 0.05) is 44.8 Å². The molecule has 26 heavy (non-hydrogen) atoms. The maximum atomic E-state index is 12.6. The summed E-state index contributed by atoms with van der Waals surface area (Å²) in [5.41, 5.74) is 1.87. The van der Waals surface area contributed by atoms with E-state index in [0.29, 0.717) is 50.7 Å². The van der Waals surface area contributed by atoms with Crippen molar-refractivity contribution in [2.24, 2.45) is 0 Å². The lowest BCUT2D eigenvalue weighted by Crippen LogP contribution is -2.54. The Kier molecular flexibility index (Phi) is 5.59. The Morgan fingerprint density at radius 1 is 0.731 bits per heavy atom. The van der Waals surface area contributed by atoms with Crippen LogP contribution in [0.4, 0.5) is 0 Å². The number of piperazine rings is 1. The molecule has 0 atom stereocenters. The molecule has 3 rings (SSSR count). The molecule has 2 aliphatic heterocycles. The van der Waals surface area contributed by atoms with Crippen LogP contribution in [0.15, 0.2) is 24.3 Å². The van der Waals surface area contributed by atoms with Crippen molar-refractivity contribution >= 4 is 17.7 Å². The van der Waals surface area contributed by atoms with Crippen LogP contribution in [0.2, 0.25) is 0 Å². The zero-order valence-electron chi connectivity index (χ0n) is 15.6. The average Bonchev–Trinajstić information content (AvgIpc) is 3.21. The molecule has 2 fully saturated rings. The van der Waals surface area contributed by atoms with Crippen molar-refractivity contribution < 1.29 is 14.4 Å². The van der Waals surface area contributed by atoms with Gasteiger partial charge in [0.05, 0.1) is 0 Å². The summed E-state index contributed by atoms with van der Waals surface area (Å²) in [7, 11) is 0. The van der Waals surface area contributed by atoms with Gasteiger partial charge in [-0.15, -0.1) is 0 Å². The Labute approximate surface area is 154 Å². The molecule has 0 unspecified atom stereocenters. The number of hydrogen-bond acceptors (Lipinski definition) is 3. The Balaban J connectivity index is 1.55. The molecule has 1 aromatic rings. The number of benzene rings is 1. The number of amides is 3. The number of carbonyl (C=O) groups excluding carboxylic acids is 3. The van der Waals surface area contributed by atoms with Gasteiger partial charge in [-0.25, -0.2) is 0 Å². The van der Waals surface area contributed by atoms with E-state index < -0.39 is 11.8 Å². The third-order valence-electron chi connectivity index (χ3n) is 5.25. The Hall–Kier alpha value is -2.37. The number of nitrogens with zero attached hydrogens (tertiary/aromatic N) is 3. The van der Waals surface area contributed by atoms with Crippen LogP contribution in [-0.4, -0.2) is 71.7 Å². The van der Waals surface area contributed by atoms with Crippen molar-refractivity contribution in [3.8, 4) is 0 Å². The molecule has 2 heterocycles. The minimum atomic E-state index is -0.430. The van der Waals surface area contributed by atoms with Gasteiger partial charge >= 0.3 is 11.8 Å². The van der Waals surface area contributed by atoms with E-state index in [-0.39, 0.29) is 5.91 Å². The summed E-state index contributed by atoms with van der Waals surface area (Å²) in [5.74, 6) is -0.410. The second-order valence-electron chi connectivity index (χ2n) is 7.36. The van der Waals surface area contributed by atoms with Gasteiger partial charge in [0.1, 0.15) is 0 Å². The van der Waals surface area contributed by atoms with Crippen molar-refractivity contribution in [2.45, 2.75) is 32.6 Å². The third kappa shape index (κ3) is 3.89. The van der Waals surface area contributed by atoms with Crippen LogP contribution < -0.4 is 0 Å². The van der Waals surface area contributed by atoms with E-state index in [4.69, 9.17) is 0 Å². The van der Waals surface area contributed by atoms with Gasteiger partial charge in [-0.05, 0) is 36.5 Å². The molecule has 2 saturated heterocycles. The summed E-state index contributed by atoms with van der Waals surface area (Å²) in [6.07, 6.45) is 1.94. The van der Waals surface area contributed by atoms with Gasteiger partial charge in [-0.1, -0.05) is 26.0 Å². The highest BCUT2D eigenvalue weighted by Gasteiger charge is 2.31. The summed E-state index contributed by atoms with van der Waals surface area (Å²) >= 11 is 0. The highest BCUT2D eigenvalue weighted by atomic mass is 16.2. The molecule has 0 bridgehead atoms. The lowest BCUT2D eigenvalue weighted by atomic mass is 10.0. The summed E-state index contributed by atoms with van der Waals surface area (Å²) in [4.78, 5) is 42.2. The highest BCUT2D eigenvalue weighted by Crippen LogP contribution is 2.17. The molecule has 0 radical (unpaired) electrons. The molecule has 0 aliphatic carbocycles. The van der Waals surface area contributed by atoms with Crippen LogP contribution >= 0.6 is 0 Å². The van der Waals surface area contributed by atoms with Crippen LogP contribution in [0.5, 0.6) is 0 Å². The van der Waals surface area contributed by atoms with Crippen LogP contribution in [0, 0.1) is 0 Å². The molecule has 6 nitrogen and oxygen atoms in total. The van der Waals surface area contributed by atoms with E-state index in [1.807, 2.05) is 24.3 Å². The summed E-state index contributed by atoms with van der Waals surface area (Å²) in [5, 5.41) is 0. The largest absolute Gasteiger partial charge is 0.335 e. The minimum Gasteiger partial charge on any atom is -0.335 e. The zero-order valence-corrected chi connectivity index (χ0v) is 15.6. The fourth-order valence-electron chi connectivity index (χ4n) is 3.50. The van der Waals surface area contributed by atoms with Crippen LogP contribution in [0.25, 0.3) is 0 Å². The first-order valence-corrected chi connectivity index (χ1v) is 9.45. The fourth-order valence-corrected chi connectivity index (χ4v) is 3.50. The summed E-state index contributed by atoms with van der Waals surface area (Å²) in [6, 6.07) is 7.72. The van der Waals surface area contributed by atoms with Crippen molar-refractivity contribution in [1.82, 2.24) is 14.7 Å². The third-order valence-corrected chi connectivity index (χ3v) is 5.25. The van der Waals surface area contributed by atoms with Gasteiger partial charge in [0.25, 0.3) is 5.91 Å². The van der Waals surface area contributed by atoms with Gasteiger partial charge in [0.15, 0.2) is 0 Å². The second-order valence-corrected chi connectivity index (χ2v) is 7.36. The van der Waals surface area contributed by atoms with Crippen molar-refractivity contribution in [2.75, 3.05) is 39.3 Å². The van der Waals surface area contributed by atoms with E-state index in [2.05, 4.69) is 13.8 Å². The maximum Gasteiger partial charge on any atom is 0.312 e. The topological polar surface area (TPSA) is 60.9 Å². The van der Waals surface area contributed by atoms with E-state index in [1.54, 1.807) is 14.7 Å². The van der Waals surface area contributed by atoms with Crippen LogP contribution in [0.3, 0.4) is 0 Å². The maximum absolute atomic E-state index is 12.6. The van der Waals surface area contributed by atoms with Gasteiger partial charge in [0.2, 0.25) is 0 Å². The molecular formula is C20H27N3O3. The highest BCUT2D eigenvalue weighted by molar-refractivity contribution is 6.35. The van der Waals surface area contributed by atoms with Crippen LogP contribution in [0.1, 0.15) is 48.5 Å². The average molecular weight is 357 g/mol. The molecule has 6 heteroatoms. The van der Waals surface area contributed by atoms with Gasteiger partial charge in [-0.3, -0.25) is 14.4 Å². The van der Waals surface area contributed by atoms with Crippen LogP contribution in [-0.2, 0) is 9.59 Å². The van der Waals surface area contributed by atoms with E-state index in [1.165, 1.54) is 5.56 Å². The van der Waals surface area contributed by atoms with Gasteiger partial charge < -0.3 is 14.7 Å². The first-order chi connectivity index (χ1) is 12.5. The lowest BCUT2D eigenvalue weighted by molar-refractivity contribution is -0.152. The number of hydrogen-bond donors (Lipinski definition) is 0. The Morgan fingerprint density at radius 2 is 1.19 bits per heavy atom. The normalized spacial score (nSPS) is 17.7.